The Bertz CT molecular complexity index is 492. The second-order valence-electron chi connectivity index (χ2n) is 3.55. The lowest BCUT2D eigenvalue weighted by Crippen LogP contribution is -1.97. The molecule has 0 unspecified atom stereocenters. The van der Waals surface area contributed by atoms with Gasteiger partial charge in [-0.2, -0.15) is 0 Å². The Morgan fingerprint density at radius 1 is 0.933 bits per heavy atom. The number of pyridine rings is 2. The van der Waals surface area contributed by atoms with Crippen LogP contribution in [0.5, 0.6) is 0 Å². The summed E-state index contributed by atoms with van der Waals surface area (Å²) in [4.78, 5) is 8.63. The van der Waals surface area contributed by atoms with Gasteiger partial charge in [-0.1, -0.05) is 6.07 Å². The molecule has 2 aromatic rings. The van der Waals surface area contributed by atoms with Crippen LogP contribution in [0.4, 0.5) is 5.82 Å². The molecule has 0 fully saturated rings. The molecule has 76 valence electrons. The second-order valence-corrected chi connectivity index (χ2v) is 3.55. The minimum Gasteiger partial charge on any atom is -0.383 e. The van der Waals surface area contributed by atoms with Crippen molar-refractivity contribution in [2.75, 3.05) is 5.73 Å². The molecule has 0 aliphatic heterocycles. The second kappa shape index (κ2) is 3.69. The van der Waals surface area contributed by atoms with Crippen LogP contribution in [0, 0.1) is 13.8 Å². The average molecular weight is 199 g/mol. The summed E-state index contributed by atoms with van der Waals surface area (Å²) in [5.74, 6) is 0.535. The molecule has 3 heteroatoms. The predicted molar refractivity (Wildman–Crippen MR) is 61.4 cm³/mol. The van der Waals surface area contributed by atoms with Crippen LogP contribution in [0.25, 0.3) is 11.3 Å². The molecule has 0 amide bonds. The van der Waals surface area contributed by atoms with E-state index in [0.29, 0.717) is 5.82 Å². The summed E-state index contributed by atoms with van der Waals surface area (Å²) in [5, 5.41) is 0. The zero-order chi connectivity index (χ0) is 10.8. The number of hydrogen-bond donors (Lipinski definition) is 1. The lowest BCUT2D eigenvalue weighted by molar-refractivity contribution is 1.18. The van der Waals surface area contributed by atoms with Gasteiger partial charge in [0.15, 0.2) is 0 Å². The number of rotatable bonds is 1. The molecule has 0 spiro atoms. The number of anilines is 1. The molecule has 0 bridgehead atoms. The van der Waals surface area contributed by atoms with E-state index < -0.39 is 0 Å². The Hall–Kier alpha value is -1.90. The SMILES string of the molecule is Cc1cccc(-c2ccc(C)nc2N)n1. The molecule has 3 nitrogen and oxygen atoms in total. The highest BCUT2D eigenvalue weighted by molar-refractivity contribution is 5.70. The van der Waals surface area contributed by atoms with Gasteiger partial charge in [0, 0.05) is 17.0 Å². The van der Waals surface area contributed by atoms with Gasteiger partial charge in [-0.15, -0.1) is 0 Å². The highest BCUT2D eigenvalue weighted by Gasteiger charge is 2.04. The van der Waals surface area contributed by atoms with Crippen molar-refractivity contribution in [1.82, 2.24) is 9.97 Å². The first kappa shape index (κ1) is 9.65. The van der Waals surface area contributed by atoms with Crippen LogP contribution in [0.2, 0.25) is 0 Å². The largest absolute Gasteiger partial charge is 0.383 e. The average Bonchev–Trinajstić information content (AvgIpc) is 2.17. The van der Waals surface area contributed by atoms with Crippen LogP contribution in [0.15, 0.2) is 30.3 Å². The van der Waals surface area contributed by atoms with Crippen molar-refractivity contribution in [3.05, 3.63) is 41.7 Å². The number of aryl methyl sites for hydroxylation is 2. The van der Waals surface area contributed by atoms with Gasteiger partial charge in [-0.05, 0) is 38.1 Å². The lowest BCUT2D eigenvalue weighted by atomic mass is 10.1. The quantitative estimate of drug-likeness (QED) is 0.767. The molecule has 0 aromatic carbocycles. The maximum absolute atomic E-state index is 5.85. The van der Waals surface area contributed by atoms with E-state index in [-0.39, 0.29) is 0 Å². The summed E-state index contributed by atoms with van der Waals surface area (Å²) >= 11 is 0. The topological polar surface area (TPSA) is 51.8 Å². The van der Waals surface area contributed by atoms with Crippen molar-refractivity contribution < 1.29 is 0 Å². The molecule has 2 aromatic heterocycles. The molecule has 2 rings (SSSR count). The summed E-state index contributed by atoms with van der Waals surface area (Å²) in [5.41, 5.74) is 9.52. The molecule has 2 N–H and O–H groups in total. The van der Waals surface area contributed by atoms with Gasteiger partial charge >= 0.3 is 0 Å². The fraction of sp³-hybridized carbons (Fsp3) is 0.167. The molecule has 0 saturated heterocycles. The van der Waals surface area contributed by atoms with Gasteiger partial charge < -0.3 is 5.73 Å². The minimum absolute atomic E-state index is 0.535. The van der Waals surface area contributed by atoms with E-state index in [4.69, 9.17) is 5.73 Å². The van der Waals surface area contributed by atoms with Crippen LogP contribution in [-0.4, -0.2) is 9.97 Å². The lowest BCUT2D eigenvalue weighted by Gasteiger charge is -2.05. The predicted octanol–water partition coefficient (Wildman–Crippen LogP) is 2.34. The summed E-state index contributed by atoms with van der Waals surface area (Å²) in [6.07, 6.45) is 0. The molecule has 0 aliphatic carbocycles. The molecule has 0 saturated carbocycles. The first-order chi connectivity index (χ1) is 7.16. The van der Waals surface area contributed by atoms with Gasteiger partial charge in [0.1, 0.15) is 5.82 Å². The van der Waals surface area contributed by atoms with Gasteiger partial charge in [-0.3, -0.25) is 4.98 Å². The number of hydrogen-bond acceptors (Lipinski definition) is 3. The van der Waals surface area contributed by atoms with Gasteiger partial charge in [-0.25, -0.2) is 4.98 Å². The van der Waals surface area contributed by atoms with Crippen molar-refractivity contribution in [3.63, 3.8) is 0 Å². The summed E-state index contributed by atoms with van der Waals surface area (Å²) < 4.78 is 0. The Morgan fingerprint density at radius 2 is 1.67 bits per heavy atom. The Morgan fingerprint density at radius 3 is 2.33 bits per heavy atom. The molecular weight excluding hydrogens is 186 g/mol. The molecule has 15 heavy (non-hydrogen) atoms. The van der Waals surface area contributed by atoms with Gasteiger partial charge in [0.25, 0.3) is 0 Å². The fourth-order valence-electron chi connectivity index (χ4n) is 1.49. The summed E-state index contributed by atoms with van der Waals surface area (Å²) in [6, 6.07) is 9.77. The molecular formula is C12H13N3. The standard InChI is InChI=1S/C12H13N3/c1-8-4-3-5-11(14-8)10-7-6-9(2)15-12(10)13/h3-7H,1-2H3,(H2,13,15). The van der Waals surface area contributed by atoms with E-state index in [1.54, 1.807) is 0 Å². The molecule has 2 heterocycles. The minimum atomic E-state index is 0.535. The number of nitrogens with zero attached hydrogens (tertiary/aromatic N) is 2. The van der Waals surface area contributed by atoms with Crippen LogP contribution < -0.4 is 5.73 Å². The van der Waals surface area contributed by atoms with Crippen LogP contribution in [0.1, 0.15) is 11.4 Å². The third kappa shape index (κ3) is 1.96. The highest BCUT2D eigenvalue weighted by Crippen LogP contribution is 2.22. The van der Waals surface area contributed by atoms with E-state index in [9.17, 15) is 0 Å². The number of aromatic nitrogens is 2. The third-order valence-corrected chi connectivity index (χ3v) is 2.23. The third-order valence-electron chi connectivity index (χ3n) is 2.23. The van der Waals surface area contributed by atoms with Crippen molar-refractivity contribution in [1.29, 1.82) is 0 Å². The van der Waals surface area contributed by atoms with E-state index in [1.165, 1.54) is 0 Å². The van der Waals surface area contributed by atoms with Crippen LogP contribution >= 0.6 is 0 Å². The van der Waals surface area contributed by atoms with Crippen LogP contribution in [0.3, 0.4) is 0 Å². The highest BCUT2D eigenvalue weighted by atomic mass is 14.9. The zero-order valence-electron chi connectivity index (χ0n) is 8.86. The van der Waals surface area contributed by atoms with E-state index in [0.717, 1.165) is 22.6 Å². The van der Waals surface area contributed by atoms with E-state index >= 15 is 0 Å². The van der Waals surface area contributed by atoms with Crippen molar-refractivity contribution >= 4 is 5.82 Å². The van der Waals surface area contributed by atoms with Crippen LogP contribution in [-0.2, 0) is 0 Å². The zero-order valence-corrected chi connectivity index (χ0v) is 8.86. The Labute approximate surface area is 89.0 Å². The van der Waals surface area contributed by atoms with Gasteiger partial charge in [0.2, 0.25) is 0 Å². The smallest absolute Gasteiger partial charge is 0.133 e. The molecule has 0 atom stereocenters. The first-order valence-electron chi connectivity index (χ1n) is 4.84. The fourth-order valence-corrected chi connectivity index (χ4v) is 1.49. The Kier molecular flexibility index (Phi) is 2.37. The Balaban J connectivity index is 2.54. The van der Waals surface area contributed by atoms with E-state index in [1.807, 2.05) is 44.2 Å². The first-order valence-corrected chi connectivity index (χ1v) is 4.84. The van der Waals surface area contributed by atoms with E-state index in [2.05, 4.69) is 9.97 Å². The normalized spacial score (nSPS) is 10.3. The van der Waals surface area contributed by atoms with Crippen molar-refractivity contribution in [3.8, 4) is 11.3 Å². The maximum atomic E-state index is 5.85. The molecule has 0 radical (unpaired) electrons. The van der Waals surface area contributed by atoms with Crippen molar-refractivity contribution in [2.24, 2.45) is 0 Å². The summed E-state index contributed by atoms with van der Waals surface area (Å²) in [7, 11) is 0. The van der Waals surface area contributed by atoms with Gasteiger partial charge in [0.05, 0.1) is 5.69 Å². The molecule has 0 aliphatic rings. The monoisotopic (exact) mass is 199 g/mol. The maximum Gasteiger partial charge on any atom is 0.133 e. The van der Waals surface area contributed by atoms with Crippen molar-refractivity contribution in [2.45, 2.75) is 13.8 Å². The summed E-state index contributed by atoms with van der Waals surface area (Å²) in [6.45, 7) is 3.88. The number of nitrogen functional groups attached to an aromatic ring is 1. The number of nitrogens with two attached hydrogens (primary N) is 1.